The highest BCUT2D eigenvalue weighted by Gasteiger charge is 2.24. The monoisotopic (exact) mass is 375 g/mol. The van der Waals surface area contributed by atoms with Crippen molar-refractivity contribution in [2.45, 2.75) is 12.8 Å². The topological polar surface area (TPSA) is 32.5 Å². The smallest absolute Gasteiger partial charge is 0.287 e. The zero-order chi connectivity index (χ0) is 19.7. The zero-order valence-electron chi connectivity index (χ0n) is 17.0. The Morgan fingerprint density at radius 1 is 1.14 bits per heavy atom. The fourth-order valence-electron chi connectivity index (χ4n) is 3.76. The van der Waals surface area contributed by atoms with Crippen LogP contribution in [-0.2, 0) is 13.5 Å². The Hall–Kier alpha value is -2.92. The molecule has 4 rings (SSSR count). The van der Waals surface area contributed by atoms with Crippen LogP contribution in [0.1, 0.15) is 17.7 Å². The van der Waals surface area contributed by atoms with E-state index in [0.717, 1.165) is 47.8 Å². The molecule has 0 fully saturated rings. The molecule has 5 heteroatoms. The van der Waals surface area contributed by atoms with E-state index < -0.39 is 0 Å². The number of aryl methyl sites for hydroxylation is 2. The van der Waals surface area contributed by atoms with E-state index in [-0.39, 0.29) is 0 Å². The number of para-hydroxylation sites is 3. The molecule has 0 spiro atoms. The molecule has 1 aliphatic heterocycles. The standard InChI is InChI=1S/C23H27N4O/c1-25(2)14-8-10-17-9-7-11-18-19(24-16-26(3)23(17)18)15-22-27(4)20-12-5-6-13-21(20)28-22/h5-7,9,11-13,15-16H,8,10,14H2,1-4H3/q+1. The van der Waals surface area contributed by atoms with Crippen LogP contribution in [-0.4, -0.2) is 37.6 Å². The minimum Gasteiger partial charge on any atom is -0.438 e. The Morgan fingerprint density at radius 2 is 1.96 bits per heavy atom. The lowest BCUT2D eigenvalue weighted by molar-refractivity contribution is -0.648. The Labute approximate surface area is 166 Å². The second-order valence-electron chi connectivity index (χ2n) is 7.57. The Kier molecular flexibility index (Phi) is 5.01. The Balaban J connectivity index is 1.72. The first-order chi connectivity index (χ1) is 13.5. The van der Waals surface area contributed by atoms with Gasteiger partial charge in [-0.1, -0.05) is 24.3 Å². The number of hydrogen-bond donors (Lipinski definition) is 0. The number of benzene rings is 2. The van der Waals surface area contributed by atoms with Crippen LogP contribution in [0.25, 0.3) is 17.0 Å². The third-order valence-corrected chi connectivity index (χ3v) is 5.20. The molecule has 0 N–H and O–H groups in total. The second-order valence-corrected chi connectivity index (χ2v) is 7.57. The molecule has 0 radical (unpaired) electrons. The van der Waals surface area contributed by atoms with Crippen LogP contribution in [0.3, 0.4) is 0 Å². The van der Waals surface area contributed by atoms with Crippen molar-refractivity contribution in [2.75, 3.05) is 32.6 Å². The van der Waals surface area contributed by atoms with E-state index in [1.165, 1.54) is 11.1 Å². The van der Waals surface area contributed by atoms with Gasteiger partial charge in [0.15, 0.2) is 11.4 Å². The van der Waals surface area contributed by atoms with Crippen molar-refractivity contribution in [2.24, 2.45) is 7.05 Å². The van der Waals surface area contributed by atoms with Crippen LogP contribution in [0.4, 0.5) is 5.69 Å². The molecule has 0 unspecified atom stereocenters. The van der Waals surface area contributed by atoms with E-state index in [4.69, 9.17) is 4.74 Å². The molecule has 0 bridgehead atoms. The summed E-state index contributed by atoms with van der Waals surface area (Å²) in [6.45, 7) is 1.08. The van der Waals surface area contributed by atoms with Crippen molar-refractivity contribution < 1.29 is 9.30 Å². The third-order valence-electron chi connectivity index (χ3n) is 5.20. The number of rotatable bonds is 5. The molecule has 3 aromatic rings. The molecule has 1 aliphatic rings. The third kappa shape index (κ3) is 3.45. The lowest BCUT2D eigenvalue weighted by atomic mass is 10.0. The van der Waals surface area contributed by atoms with Gasteiger partial charge in [-0.2, -0.15) is 0 Å². The summed E-state index contributed by atoms with van der Waals surface area (Å²) < 4.78 is 8.18. The van der Waals surface area contributed by atoms with Gasteiger partial charge in [-0.15, -0.1) is 0 Å². The van der Waals surface area contributed by atoms with Gasteiger partial charge < -0.3 is 14.5 Å². The van der Waals surface area contributed by atoms with Gasteiger partial charge in [-0.25, -0.2) is 4.57 Å². The first-order valence-corrected chi connectivity index (χ1v) is 9.68. The molecule has 5 nitrogen and oxygen atoms in total. The lowest BCUT2D eigenvalue weighted by Crippen LogP contribution is -2.31. The van der Waals surface area contributed by atoms with Crippen molar-refractivity contribution in [3.05, 3.63) is 65.9 Å². The number of ether oxygens (including phenoxy) is 1. The van der Waals surface area contributed by atoms with E-state index in [1.807, 2.05) is 37.7 Å². The fourth-order valence-corrected chi connectivity index (χ4v) is 3.76. The van der Waals surface area contributed by atoms with Gasteiger partial charge in [0, 0.05) is 7.05 Å². The molecule has 0 atom stereocenters. The SMILES string of the molecule is CN(C)CCCc1cccc2c(/C=C3\Oc4ccccc4N3C)nc[n+](C)c12. The molecule has 0 aliphatic carbocycles. The van der Waals surface area contributed by atoms with Crippen molar-refractivity contribution in [3.63, 3.8) is 0 Å². The van der Waals surface area contributed by atoms with Crippen molar-refractivity contribution in [1.82, 2.24) is 9.88 Å². The van der Waals surface area contributed by atoms with E-state index in [2.05, 4.69) is 64.8 Å². The van der Waals surface area contributed by atoms with Crippen LogP contribution in [0.2, 0.25) is 0 Å². The van der Waals surface area contributed by atoms with Crippen LogP contribution in [0.5, 0.6) is 5.75 Å². The van der Waals surface area contributed by atoms with Crippen LogP contribution in [0.15, 0.2) is 54.7 Å². The largest absolute Gasteiger partial charge is 0.438 e. The van der Waals surface area contributed by atoms with Gasteiger partial charge in [-0.05, 0) is 62.2 Å². The normalized spacial score (nSPS) is 14.8. The lowest BCUT2D eigenvalue weighted by Gasteiger charge is -2.12. The Morgan fingerprint density at radius 3 is 2.75 bits per heavy atom. The molecule has 0 saturated heterocycles. The highest BCUT2D eigenvalue weighted by atomic mass is 16.5. The van der Waals surface area contributed by atoms with Gasteiger partial charge in [0.2, 0.25) is 5.88 Å². The molecular formula is C23H27N4O+. The summed E-state index contributed by atoms with van der Waals surface area (Å²) >= 11 is 0. The zero-order valence-corrected chi connectivity index (χ0v) is 17.0. The maximum atomic E-state index is 6.06. The number of fused-ring (bicyclic) bond motifs is 2. The quantitative estimate of drug-likeness (QED) is 0.640. The molecule has 28 heavy (non-hydrogen) atoms. The number of aromatic nitrogens is 2. The molecule has 1 aromatic heterocycles. The van der Waals surface area contributed by atoms with Gasteiger partial charge >= 0.3 is 0 Å². The van der Waals surface area contributed by atoms with E-state index in [1.54, 1.807) is 0 Å². The fraction of sp³-hybridized carbons (Fsp3) is 0.304. The molecule has 0 saturated carbocycles. The minimum atomic E-state index is 0.793. The van der Waals surface area contributed by atoms with E-state index in [0.29, 0.717) is 0 Å². The highest BCUT2D eigenvalue weighted by molar-refractivity contribution is 5.87. The number of nitrogens with zero attached hydrogens (tertiary/aromatic N) is 4. The Bertz CT molecular complexity index is 1040. The average Bonchev–Trinajstić information content (AvgIpc) is 3.00. The highest BCUT2D eigenvalue weighted by Crippen LogP contribution is 2.38. The van der Waals surface area contributed by atoms with E-state index in [9.17, 15) is 0 Å². The van der Waals surface area contributed by atoms with E-state index >= 15 is 0 Å². The molecule has 2 heterocycles. The molecular weight excluding hydrogens is 348 g/mol. The molecule has 144 valence electrons. The minimum absolute atomic E-state index is 0.793. The maximum absolute atomic E-state index is 6.06. The summed E-state index contributed by atoms with van der Waals surface area (Å²) in [7, 11) is 8.33. The van der Waals surface area contributed by atoms with Crippen LogP contribution < -0.4 is 14.2 Å². The summed E-state index contributed by atoms with van der Waals surface area (Å²) in [6, 6.07) is 14.6. The summed E-state index contributed by atoms with van der Waals surface area (Å²) in [5.74, 6) is 1.67. The summed E-state index contributed by atoms with van der Waals surface area (Å²) in [6.07, 6.45) is 6.11. The number of anilines is 1. The predicted molar refractivity (Wildman–Crippen MR) is 113 cm³/mol. The number of hydrogen-bond acceptors (Lipinski definition) is 4. The van der Waals surface area contributed by atoms with Crippen molar-refractivity contribution in [1.29, 1.82) is 0 Å². The summed E-state index contributed by atoms with van der Waals surface area (Å²) in [4.78, 5) is 8.98. The van der Waals surface area contributed by atoms with Gasteiger partial charge in [-0.3, -0.25) is 0 Å². The van der Waals surface area contributed by atoms with Gasteiger partial charge in [0.05, 0.1) is 24.2 Å². The molecule has 2 aromatic carbocycles. The van der Waals surface area contributed by atoms with Crippen LogP contribution >= 0.6 is 0 Å². The first kappa shape index (κ1) is 18.4. The van der Waals surface area contributed by atoms with Crippen molar-refractivity contribution in [3.8, 4) is 5.75 Å². The predicted octanol–water partition coefficient (Wildman–Crippen LogP) is 3.38. The first-order valence-electron chi connectivity index (χ1n) is 9.68. The maximum Gasteiger partial charge on any atom is 0.287 e. The summed E-state index contributed by atoms with van der Waals surface area (Å²) in [5, 5.41) is 1.15. The summed E-state index contributed by atoms with van der Waals surface area (Å²) in [5.41, 5.74) is 4.59. The van der Waals surface area contributed by atoms with Crippen LogP contribution in [0, 0.1) is 0 Å². The van der Waals surface area contributed by atoms with Crippen molar-refractivity contribution >= 4 is 22.7 Å². The van der Waals surface area contributed by atoms with Gasteiger partial charge in [0.25, 0.3) is 6.33 Å². The second kappa shape index (κ2) is 7.60. The molecule has 0 amide bonds. The average molecular weight is 375 g/mol. The van der Waals surface area contributed by atoms with Gasteiger partial charge in [0.1, 0.15) is 5.52 Å².